The van der Waals surface area contributed by atoms with Gasteiger partial charge in [0.2, 0.25) is 0 Å². The number of hydrogen-bond donors (Lipinski definition) is 0. The molecule has 404 valence electrons. The van der Waals surface area contributed by atoms with E-state index < -0.39 is 6.10 Å². The molecule has 0 aliphatic heterocycles. The van der Waals surface area contributed by atoms with Gasteiger partial charge in [0, 0.05) is 19.3 Å². The predicted octanol–water partition coefficient (Wildman–Crippen LogP) is 20.6. The maximum atomic E-state index is 12.8. The molecule has 0 fully saturated rings. The Morgan fingerprint density at radius 3 is 0.765 bits per heavy atom. The van der Waals surface area contributed by atoms with Crippen molar-refractivity contribution in [3.63, 3.8) is 0 Å². The number of carbonyl (C=O) groups is 3. The van der Waals surface area contributed by atoms with Gasteiger partial charge in [-0.1, -0.05) is 317 Å². The molecule has 0 amide bonds. The van der Waals surface area contributed by atoms with Crippen molar-refractivity contribution in [1.82, 2.24) is 0 Å². The van der Waals surface area contributed by atoms with Crippen molar-refractivity contribution in [3.05, 3.63) is 0 Å². The third kappa shape index (κ3) is 53.8. The second-order valence-corrected chi connectivity index (χ2v) is 21.6. The first kappa shape index (κ1) is 66.4. The van der Waals surface area contributed by atoms with Crippen LogP contribution in [0.25, 0.3) is 0 Å². The Kier molecular flexibility index (Phi) is 55.0. The monoisotopic (exact) mass is 961 g/mol. The van der Waals surface area contributed by atoms with Crippen LogP contribution in [0.1, 0.15) is 355 Å². The largest absolute Gasteiger partial charge is 0.462 e. The van der Waals surface area contributed by atoms with E-state index in [-0.39, 0.29) is 31.1 Å². The summed E-state index contributed by atoms with van der Waals surface area (Å²) in [4.78, 5) is 38.1. The van der Waals surface area contributed by atoms with Crippen LogP contribution in [-0.4, -0.2) is 37.2 Å². The van der Waals surface area contributed by atoms with E-state index in [1.54, 1.807) is 0 Å². The summed E-state index contributed by atoms with van der Waals surface area (Å²) < 4.78 is 16.9. The Bertz CT molecular complexity index is 1030. The number of unbranched alkanes of at least 4 members (excludes halogenated alkanes) is 43. The van der Waals surface area contributed by atoms with Crippen molar-refractivity contribution in [2.24, 2.45) is 5.92 Å². The van der Waals surface area contributed by atoms with E-state index in [0.717, 1.165) is 63.7 Å². The van der Waals surface area contributed by atoms with Crippen LogP contribution in [0.2, 0.25) is 0 Å². The van der Waals surface area contributed by atoms with Crippen molar-refractivity contribution in [1.29, 1.82) is 0 Å². The van der Waals surface area contributed by atoms with Gasteiger partial charge in [0.1, 0.15) is 13.2 Å². The van der Waals surface area contributed by atoms with E-state index in [4.69, 9.17) is 14.2 Å². The summed E-state index contributed by atoms with van der Waals surface area (Å²) in [5.41, 5.74) is 0. The predicted molar refractivity (Wildman–Crippen MR) is 293 cm³/mol. The fourth-order valence-electron chi connectivity index (χ4n) is 9.60. The van der Waals surface area contributed by atoms with Crippen molar-refractivity contribution in [2.75, 3.05) is 13.2 Å². The smallest absolute Gasteiger partial charge is 0.306 e. The lowest BCUT2D eigenvalue weighted by Gasteiger charge is -2.18. The quantitative estimate of drug-likeness (QED) is 0.0343. The average molecular weight is 962 g/mol. The topological polar surface area (TPSA) is 78.9 Å². The molecule has 68 heavy (non-hydrogen) atoms. The summed E-state index contributed by atoms with van der Waals surface area (Å²) in [6.45, 7) is 9.11. The maximum absolute atomic E-state index is 12.8. The van der Waals surface area contributed by atoms with Gasteiger partial charge in [0.05, 0.1) is 0 Å². The molecule has 0 aromatic carbocycles. The normalized spacial score (nSPS) is 12.4. The minimum Gasteiger partial charge on any atom is -0.462 e. The molecule has 0 saturated heterocycles. The molecular formula is C62H120O6. The van der Waals surface area contributed by atoms with Crippen molar-refractivity contribution in [2.45, 2.75) is 361 Å². The van der Waals surface area contributed by atoms with Crippen LogP contribution in [0.15, 0.2) is 0 Å². The average Bonchev–Trinajstić information content (AvgIpc) is 3.34. The maximum Gasteiger partial charge on any atom is 0.306 e. The van der Waals surface area contributed by atoms with Gasteiger partial charge in [-0.15, -0.1) is 0 Å². The summed E-state index contributed by atoms with van der Waals surface area (Å²) in [6, 6.07) is 0. The molecule has 1 unspecified atom stereocenters. The third-order valence-electron chi connectivity index (χ3n) is 14.7. The van der Waals surface area contributed by atoms with Gasteiger partial charge in [-0.25, -0.2) is 0 Å². The standard InChI is InChI=1S/C62H120O6/c1-5-8-10-12-14-16-18-19-20-21-25-28-31-34-38-41-45-49-53-60(63)66-56-59(68-62(65)55-51-47-43-37-17-15-13-11-9-6-2)57-67-61(64)54-50-46-42-39-35-32-29-26-23-22-24-27-30-33-36-40-44-48-52-58(4)7-3/h58-59H,5-57H2,1-4H3/t58?,59-/m1/s1. The zero-order valence-corrected chi connectivity index (χ0v) is 46.6. The SMILES string of the molecule is CCCCCCCCCCCCCCCCCCCCC(=O)OC[C@H](COC(=O)CCCCCCCCCCCCCCCCCCCCC(C)CC)OC(=O)CCCCCCCCCCCC. The van der Waals surface area contributed by atoms with E-state index in [1.807, 2.05) is 0 Å². The first-order chi connectivity index (χ1) is 33.4. The Balaban J connectivity index is 4.16. The zero-order chi connectivity index (χ0) is 49.5. The summed E-state index contributed by atoms with van der Waals surface area (Å²) in [7, 11) is 0. The molecule has 0 heterocycles. The molecule has 0 aromatic rings. The van der Waals surface area contributed by atoms with Crippen LogP contribution < -0.4 is 0 Å². The molecule has 0 N–H and O–H groups in total. The number of rotatable bonds is 57. The van der Waals surface area contributed by atoms with Gasteiger partial charge in [0.15, 0.2) is 6.10 Å². The third-order valence-corrected chi connectivity index (χ3v) is 14.7. The minimum absolute atomic E-state index is 0.0617. The van der Waals surface area contributed by atoms with Crippen molar-refractivity contribution < 1.29 is 28.6 Å². The minimum atomic E-state index is -0.761. The Morgan fingerprint density at radius 1 is 0.294 bits per heavy atom. The molecule has 0 aromatic heterocycles. The molecule has 2 atom stereocenters. The van der Waals surface area contributed by atoms with Crippen LogP contribution in [0.3, 0.4) is 0 Å². The Morgan fingerprint density at radius 2 is 0.515 bits per heavy atom. The molecule has 6 heteroatoms. The highest BCUT2D eigenvalue weighted by Crippen LogP contribution is 2.19. The second kappa shape index (κ2) is 56.3. The van der Waals surface area contributed by atoms with Gasteiger partial charge in [-0.2, -0.15) is 0 Å². The fourth-order valence-corrected chi connectivity index (χ4v) is 9.60. The van der Waals surface area contributed by atoms with E-state index >= 15 is 0 Å². The summed E-state index contributed by atoms with van der Waals surface area (Å²) in [5, 5.41) is 0. The van der Waals surface area contributed by atoms with Gasteiger partial charge in [0.25, 0.3) is 0 Å². The molecule has 6 nitrogen and oxygen atoms in total. The molecule has 0 aliphatic rings. The molecule has 0 saturated carbocycles. The lowest BCUT2D eigenvalue weighted by atomic mass is 9.99. The fraction of sp³-hybridized carbons (Fsp3) is 0.952. The lowest BCUT2D eigenvalue weighted by molar-refractivity contribution is -0.167. The van der Waals surface area contributed by atoms with Crippen LogP contribution in [0, 0.1) is 5.92 Å². The number of esters is 3. The van der Waals surface area contributed by atoms with Gasteiger partial charge >= 0.3 is 17.9 Å². The summed E-state index contributed by atoms with van der Waals surface area (Å²) in [6.07, 6.45) is 62.4. The van der Waals surface area contributed by atoms with Crippen LogP contribution in [-0.2, 0) is 28.6 Å². The van der Waals surface area contributed by atoms with E-state index in [0.29, 0.717) is 19.3 Å². The first-order valence-corrected chi connectivity index (χ1v) is 30.9. The van der Waals surface area contributed by atoms with Crippen molar-refractivity contribution >= 4 is 17.9 Å². The Hall–Kier alpha value is -1.59. The molecule has 0 rings (SSSR count). The zero-order valence-electron chi connectivity index (χ0n) is 46.6. The first-order valence-electron chi connectivity index (χ1n) is 30.9. The molecule has 0 bridgehead atoms. The number of hydrogen-bond acceptors (Lipinski definition) is 6. The second-order valence-electron chi connectivity index (χ2n) is 21.6. The highest BCUT2D eigenvalue weighted by atomic mass is 16.6. The number of ether oxygens (including phenoxy) is 3. The van der Waals surface area contributed by atoms with Crippen LogP contribution in [0.4, 0.5) is 0 Å². The van der Waals surface area contributed by atoms with E-state index in [1.165, 1.54) is 250 Å². The van der Waals surface area contributed by atoms with Gasteiger partial charge in [-0.05, 0) is 25.2 Å². The number of carbonyl (C=O) groups excluding carboxylic acids is 3. The lowest BCUT2D eigenvalue weighted by Crippen LogP contribution is -2.30. The molecule has 0 radical (unpaired) electrons. The van der Waals surface area contributed by atoms with Gasteiger partial charge < -0.3 is 14.2 Å². The Labute approximate surface area is 425 Å². The van der Waals surface area contributed by atoms with E-state index in [9.17, 15) is 14.4 Å². The summed E-state index contributed by atoms with van der Waals surface area (Å²) in [5.74, 6) is 0.0766. The molecule has 0 aliphatic carbocycles. The molecular weight excluding hydrogens is 841 g/mol. The highest BCUT2D eigenvalue weighted by Gasteiger charge is 2.19. The van der Waals surface area contributed by atoms with Gasteiger partial charge in [-0.3, -0.25) is 14.4 Å². The van der Waals surface area contributed by atoms with Crippen LogP contribution >= 0.6 is 0 Å². The highest BCUT2D eigenvalue weighted by molar-refractivity contribution is 5.71. The van der Waals surface area contributed by atoms with Crippen molar-refractivity contribution in [3.8, 4) is 0 Å². The molecule has 0 spiro atoms. The van der Waals surface area contributed by atoms with E-state index in [2.05, 4.69) is 27.7 Å². The van der Waals surface area contributed by atoms with Crippen LogP contribution in [0.5, 0.6) is 0 Å². The summed E-state index contributed by atoms with van der Waals surface area (Å²) >= 11 is 0.